The van der Waals surface area contributed by atoms with Crippen molar-refractivity contribution in [1.82, 2.24) is 10.3 Å². The van der Waals surface area contributed by atoms with Crippen molar-refractivity contribution in [2.24, 2.45) is 5.92 Å². The van der Waals surface area contributed by atoms with Crippen molar-refractivity contribution in [3.8, 4) is 6.07 Å². The Morgan fingerprint density at radius 2 is 2.53 bits per heavy atom. The lowest BCUT2D eigenvalue weighted by atomic mass is 9.95. The molecule has 1 aliphatic heterocycles. The first-order valence-corrected chi connectivity index (χ1v) is 6.94. The topological polar surface area (TPSA) is 57.9 Å². The van der Waals surface area contributed by atoms with E-state index >= 15 is 0 Å². The molecule has 2 heterocycles. The second kappa shape index (κ2) is 6.85. The van der Waals surface area contributed by atoms with Crippen molar-refractivity contribution < 1.29 is 4.74 Å². The van der Waals surface area contributed by atoms with Gasteiger partial charge in [0, 0.05) is 25.4 Å². The lowest BCUT2D eigenvalue weighted by Crippen LogP contribution is -2.37. The van der Waals surface area contributed by atoms with E-state index in [-0.39, 0.29) is 5.15 Å². The molecule has 0 spiro atoms. The molecule has 2 unspecified atom stereocenters. The first-order chi connectivity index (χ1) is 9.20. The highest BCUT2D eigenvalue weighted by Crippen LogP contribution is 2.18. The van der Waals surface area contributed by atoms with E-state index in [1.807, 2.05) is 6.07 Å². The molecule has 1 fully saturated rings. The van der Waals surface area contributed by atoms with Gasteiger partial charge in [0.15, 0.2) is 0 Å². The lowest BCUT2D eigenvalue weighted by Gasteiger charge is -2.28. The normalized spacial score (nSPS) is 20.8. The van der Waals surface area contributed by atoms with Gasteiger partial charge in [-0.05, 0) is 37.3 Å². The van der Waals surface area contributed by atoms with E-state index in [2.05, 4.69) is 17.2 Å². The Bertz CT molecular complexity index is 466. The first kappa shape index (κ1) is 14.3. The Morgan fingerprint density at radius 3 is 3.21 bits per heavy atom. The van der Waals surface area contributed by atoms with Crippen molar-refractivity contribution >= 4 is 11.6 Å². The third-order valence-electron chi connectivity index (χ3n) is 3.55. The summed E-state index contributed by atoms with van der Waals surface area (Å²) in [4.78, 5) is 4.02. The summed E-state index contributed by atoms with van der Waals surface area (Å²) in [5.41, 5.74) is 1.40. The number of hydrogen-bond acceptors (Lipinski definition) is 4. The van der Waals surface area contributed by atoms with Crippen LogP contribution >= 0.6 is 11.6 Å². The highest BCUT2D eigenvalue weighted by atomic mass is 35.5. The van der Waals surface area contributed by atoms with Crippen molar-refractivity contribution in [1.29, 1.82) is 5.26 Å². The first-order valence-electron chi connectivity index (χ1n) is 6.56. The molecule has 0 aliphatic carbocycles. The fourth-order valence-electron chi connectivity index (χ4n) is 2.27. The summed E-state index contributed by atoms with van der Waals surface area (Å²) in [7, 11) is 0. The Morgan fingerprint density at radius 1 is 1.68 bits per heavy atom. The van der Waals surface area contributed by atoms with Crippen LogP contribution in [0.4, 0.5) is 0 Å². The van der Waals surface area contributed by atoms with E-state index < -0.39 is 0 Å². The molecule has 0 amide bonds. The number of nitrogens with one attached hydrogen (secondary N) is 1. The molecule has 5 heteroatoms. The molecule has 0 saturated carbocycles. The van der Waals surface area contributed by atoms with Crippen LogP contribution in [0.2, 0.25) is 5.15 Å². The molecule has 0 bridgehead atoms. The molecule has 1 aliphatic rings. The molecule has 0 radical (unpaired) electrons. The highest BCUT2D eigenvalue weighted by Gasteiger charge is 2.20. The number of rotatable bonds is 4. The molecule has 2 rings (SSSR count). The van der Waals surface area contributed by atoms with Gasteiger partial charge in [-0.2, -0.15) is 5.26 Å². The minimum atomic E-state index is 0.264. The molecule has 102 valence electrons. The van der Waals surface area contributed by atoms with Crippen LogP contribution in [0.15, 0.2) is 12.3 Å². The lowest BCUT2D eigenvalue weighted by molar-refractivity contribution is 0.0417. The molecule has 1 aromatic rings. The molecular formula is C14H18ClN3O. The average molecular weight is 280 g/mol. The van der Waals surface area contributed by atoms with Crippen molar-refractivity contribution in [2.45, 2.75) is 32.4 Å². The molecule has 19 heavy (non-hydrogen) atoms. The maximum absolute atomic E-state index is 8.91. The highest BCUT2D eigenvalue weighted by molar-refractivity contribution is 6.30. The van der Waals surface area contributed by atoms with Gasteiger partial charge in [0.05, 0.1) is 12.2 Å². The van der Waals surface area contributed by atoms with Crippen LogP contribution < -0.4 is 5.32 Å². The fourth-order valence-corrected chi connectivity index (χ4v) is 2.42. The summed E-state index contributed by atoms with van der Waals surface area (Å²) in [5, 5.41) is 12.6. The average Bonchev–Trinajstić information content (AvgIpc) is 2.47. The Kier molecular flexibility index (Phi) is 5.15. The summed E-state index contributed by atoms with van der Waals surface area (Å²) in [6.45, 7) is 4.58. The van der Waals surface area contributed by atoms with Gasteiger partial charge in [0.1, 0.15) is 11.2 Å². The summed E-state index contributed by atoms with van der Waals surface area (Å²) < 4.78 is 5.49. The van der Waals surface area contributed by atoms with Gasteiger partial charge >= 0.3 is 0 Å². The minimum Gasteiger partial charge on any atom is -0.381 e. The van der Waals surface area contributed by atoms with Gasteiger partial charge in [-0.3, -0.25) is 0 Å². The van der Waals surface area contributed by atoms with E-state index in [1.54, 1.807) is 12.3 Å². The van der Waals surface area contributed by atoms with Gasteiger partial charge in [0.25, 0.3) is 0 Å². The number of halogens is 1. The standard InChI is InChI=1S/C14H18ClN3O/c1-10(12-3-2-4-19-9-12)17-7-11-5-13(6-16)14(15)18-8-11/h5,8,10,12,17H,2-4,7,9H2,1H3. The number of nitriles is 1. The van der Waals surface area contributed by atoms with Crippen LogP contribution in [0.5, 0.6) is 0 Å². The molecule has 1 saturated heterocycles. The minimum absolute atomic E-state index is 0.264. The largest absolute Gasteiger partial charge is 0.381 e. The number of pyridine rings is 1. The van der Waals surface area contributed by atoms with Crippen LogP contribution in [0.25, 0.3) is 0 Å². The quantitative estimate of drug-likeness (QED) is 0.861. The SMILES string of the molecule is CC(NCc1cnc(Cl)c(C#N)c1)C1CCCOC1. The zero-order valence-electron chi connectivity index (χ0n) is 11.0. The van der Waals surface area contributed by atoms with Crippen LogP contribution in [-0.2, 0) is 11.3 Å². The molecule has 0 aromatic carbocycles. The molecule has 1 N–H and O–H groups in total. The fraction of sp³-hybridized carbons (Fsp3) is 0.571. The van der Waals surface area contributed by atoms with Crippen molar-refractivity contribution in [2.75, 3.05) is 13.2 Å². The predicted molar refractivity (Wildman–Crippen MR) is 73.8 cm³/mol. The molecule has 2 atom stereocenters. The van der Waals surface area contributed by atoms with Crippen molar-refractivity contribution in [3.63, 3.8) is 0 Å². The van der Waals surface area contributed by atoms with Gasteiger partial charge in [0.2, 0.25) is 0 Å². The Balaban J connectivity index is 1.89. The third-order valence-corrected chi connectivity index (χ3v) is 3.85. The van der Waals surface area contributed by atoms with Gasteiger partial charge < -0.3 is 10.1 Å². The van der Waals surface area contributed by atoms with Crippen LogP contribution in [0.3, 0.4) is 0 Å². The zero-order valence-corrected chi connectivity index (χ0v) is 11.8. The maximum atomic E-state index is 8.91. The third kappa shape index (κ3) is 3.90. The van der Waals surface area contributed by atoms with Gasteiger partial charge in [-0.25, -0.2) is 4.98 Å². The Hall–Kier alpha value is -1.15. The van der Waals surface area contributed by atoms with Crippen LogP contribution in [0.1, 0.15) is 30.9 Å². The summed E-state index contributed by atoms with van der Waals surface area (Å²) in [6, 6.07) is 4.22. The zero-order chi connectivity index (χ0) is 13.7. The second-order valence-corrected chi connectivity index (χ2v) is 5.30. The van der Waals surface area contributed by atoms with E-state index in [0.29, 0.717) is 24.1 Å². The monoisotopic (exact) mass is 279 g/mol. The molecular weight excluding hydrogens is 262 g/mol. The predicted octanol–water partition coefficient (Wildman–Crippen LogP) is 2.51. The number of aromatic nitrogens is 1. The number of nitrogens with zero attached hydrogens (tertiary/aromatic N) is 2. The maximum Gasteiger partial charge on any atom is 0.146 e. The second-order valence-electron chi connectivity index (χ2n) is 4.94. The van der Waals surface area contributed by atoms with Crippen LogP contribution in [-0.4, -0.2) is 24.2 Å². The van der Waals surface area contributed by atoms with Crippen LogP contribution in [0, 0.1) is 17.2 Å². The molecule has 1 aromatic heterocycles. The van der Waals surface area contributed by atoms with E-state index in [0.717, 1.165) is 25.2 Å². The van der Waals surface area contributed by atoms with Gasteiger partial charge in [-0.1, -0.05) is 11.6 Å². The smallest absolute Gasteiger partial charge is 0.146 e. The van der Waals surface area contributed by atoms with Crippen molar-refractivity contribution in [3.05, 3.63) is 28.5 Å². The van der Waals surface area contributed by atoms with Gasteiger partial charge in [-0.15, -0.1) is 0 Å². The Labute approximate surface area is 118 Å². The van der Waals surface area contributed by atoms with E-state index in [4.69, 9.17) is 21.6 Å². The number of hydrogen-bond donors (Lipinski definition) is 1. The summed E-state index contributed by atoms with van der Waals surface area (Å²) in [6.07, 6.45) is 4.05. The summed E-state index contributed by atoms with van der Waals surface area (Å²) in [5.74, 6) is 0.560. The van der Waals surface area contributed by atoms with E-state index in [9.17, 15) is 0 Å². The number of ether oxygens (including phenoxy) is 1. The molecule has 4 nitrogen and oxygen atoms in total. The summed E-state index contributed by atoms with van der Waals surface area (Å²) >= 11 is 5.81. The van der Waals surface area contributed by atoms with E-state index in [1.165, 1.54) is 6.42 Å².